The van der Waals surface area contributed by atoms with Gasteiger partial charge in [0.2, 0.25) is 10.0 Å². The number of hydrogen-bond acceptors (Lipinski definition) is 8. The second-order valence-electron chi connectivity index (χ2n) is 10.0. The molecule has 4 aromatic rings. The average molecular weight is 561 g/mol. The van der Waals surface area contributed by atoms with E-state index >= 15 is 0 Å². The van der Waals surface area contributed by atoms with E-state index in [1.54, 1.807) is 28.0 Å². The molecule has 2 saturated heterocycles. The number of likely N-dealkylation sites (N-methyl/N-ethyl adjacent to an activating group) is 1. The van der Waals surface area contributed by atoms with Crippen molar-refractivity contribution >= 4 is 49.2 Å². The summed E-state index contributed by atoms with van der Waals surface area (Å²) in [4.78, 5) is 18.2. The van der Waals surface area contributed by atoms with Gasteiger partial charge in [-0.25, -0.2) is 18.4 Å². The van der Waals surface area contributed by atoms with Crippen molar-refractivity contribution < 1.29 is 8.42 Å². The van der Waals surface area contributed by atoms with Crippen LogP contribution in [0.4, 0.5) is 11.5 Å². The fourth-order valence-electron chi connectivity index (χ4n) is 5.11. The molecule has 0 spiro atoms. The molecule has 0 N–H and O–H groups in total. The summed E-state index contributed by atoms with van der Waals surface area (Å²) < 4.78 is 27.4. The molecule has 0 bridgehead atoms. The van der Waals surface area contributed by atoms with Crippen molar-refractivity contribution in [1.82, 2.24) is 19.2 Å². The van der Waals surface area contributed by atoms with Gasteiger partial charge in [0.15, 0.2) is 0 Å². The molecule has 8 nitrogen and oxygen atoms in total. The molecule has 10 heteroatoms. The minimum atomic E-state index is -3.49. The first-order valence-electron chi connectivity index (χ1n) is 13.2. The van der Waals surface area contributed by atoms with Crippen LogP contribution in [0.1, 0.15) is 5.56 Å². The fraction of sp³-hybridized carbons (Fsp3) is 0.310. The molecule has 0 atom stereocenters. The van der Waals surface area contributed by atoms with Crippen LogP contribution in [0, 0.1) is 0 Å². The lowest BCUT2D eigenvalue weighted by Crippen LogP contribution is -2.48. The van der Waals surface area contributed by atoms with E-state index in [4.69, 9.17) is 0 Å². The van der Waals surface area contributed by atoms with Crippen molar-refractivity contribution in [1.29, 1.82) is 0 Å². The topological polar surface area (TPSA) is 72.9 Å². The highest BCUT2D eigenvalue weighted by Crippen LogP contribution is 2.37. The van der Waals surface area contributed by atoms with E-state index in [0.29, 0.717) is 26.2 Å². The summed E-state index contributed by atoms with van der Waals surface area (Å²) in [6.07, 6.45) is 3.26. The minimum Gasteiger partial charge on any atom is -0.369 e. The minimum absolute atomic E-state index is 0.414. The Kier molecular flexibility index (Phi) is 7.35. The molecule has 2 aliphatic rings. The number of sulfonamides is 1. The molecular formula is C29H32N6O2S2. The largest absolute Gasteiger partial charge is 0.369 e. The molecule has 6 rings (SSSR count). The maximum atomic E-state index is 12.9. The predicted molar refractivity (Wildman–Crippen MR) is 161 cm³/mol. The van der Waals surface area contributed by atoms with Gasteiger partial charge < -0.3 is 14.7 Å². The molecule has 0 unspecified atom stereocenters. The maximum absolute atomic E-state index is 12.9. The summed E-state index contributed by atoms with van der Waals surface area (Å²) in [5, 5.41) is 2.32. The van der Waals surface area contributed by atoms with Crippen molar-refractivity contribution in [3.63, 3.8) is 0 Å². The zero-order valence-corrected chi connectivity index (χ0v) is 23.6. The van der Waals surface area contributed by atoms with Gasteiger partial charge in [-0.3, -0.25) is 0 Å². The second kappa shape index (κ2) is 11.1. The predicted octanol–water partition coefficient (Wildman–Crippen LogP) is 4.23. The van der Waals surface area contributed by atoms with Crippen LogP contribution in [0.15, 0.2) is 72.4 Å². The number of anilines is 2. The number of hydrogen-bond donors (Lipinski definition) is 0. The van der Waals surface area contributed by atoms with Crippen molar-refractivity contribution in [2.75, 3.05) is 69.2 Å². The summed E-state index contributed by atoms with van der Waals surface area (Å²) in [7, 11) is -1.31. The van der Waals surface area contributed by atoms with E-state index < -0.39 is 10.0 Å². The summed E-state index contributed by atoms with van der Waals surface area (Å²) in [5.41, 5.74) is 3.30. The molecule has 2 fully saturated rings. The van der Waals surface area contributed by atoms with Crippen LogP contribution >= 0.6 is 11.3 Å². The number of thiophene rings is 1. The van der Waals surface area contributed by atoms with Crippen molar-refractivity contribution in [2.45, 2.75) is 0 Å². The van der Waals surface area contributed by atoms with E-state index in [0.717, 1.165) is 52.7 Å². The molecule has 0 radical (unpaired) electrons. The number of aromatic nitrogens is 2. The van der Waals surface area contributed by atoms with E-state index in [1.165, 1.54) is 16.7 Å². The van der Waals surface area contributed by atoms with E-state index in [2.05, 4.69) is 62.0 Å². The molecule has 39 heavy (non-hydrogen) atoms. The van der Waals surface area contributed by atoms with Gasteiger partial charge in [-0.1, -0.05) is 42.5 Å². The van der Waals surface area contributed by atoms with Gasteiger partial charge in [-0.05, 0) is 42.4 Å². The van der Waals surface area contributed by atoms with Crippen molar-refractivity contribution in [2.24, 2.45) is 0 Å². The van der Waals surface area contributed by atoms with E-state index in [1.807, 2.05) is 30.3 Å². The number of nitrogens with zero attached hydrogens (tertiary/aromatic N) is 6. The molecule has 0 saturated carbocycles. The average Bonchev–Trinajstić information content (AvgIpc) is 3.42. The monoisotopic (exact) mass is 560 g/mol. The molecule has 2 aromatic carbocycles. The Morgan fingerprint density at radius 3 is 2.23 bits per heavy atom. The number of benzene rings is 2. The zero-order chi connectivity index (χ0) is 26.8. The molecule has 0 aliphatic carbocycles. The highest BCUT2D eigenvalue weighted by molar-refractivity contribution is 7.92. The van der Waals surface area contributed by atoms with Crippen LogP contribution in [-0.2, 0) is 10.0 Å². The Balaban J connectivity index is 1.15. The highest BCUT2D eigenvalue weighted by atomic mass is 32.2. The number of fused-ring (bicyclic) bond motifs is 1. The second-order valence-corrected chi connectivity index (χ2v) is 12.9. The van der Waals surface area contributed by atoms with Gasteiger partial charge in [0.05, 0.1) is 5.39 Å². The molecule has 2 aromatic heterocycles. The van der Waals surface area contributed by atoms with Crippen LogP contribution in [0.2, 0.25) is 0 Å². The van der Waals surface area contributed by atoms with Crippen LogP contribution in [0.3, 0.4) is 0 Å². The lowest BCUT2D eigenvalue weighted by molar-refractivity contribution is 0.313. The van der Waals surface area contributed by atoms with Gasteiger partial charge in [-0.15, -0.1) is 11.3 Å². The molecule has 2 aliphatic heterocycles. The summed E-state index contributed by atoms with van der Waals surface area (Å²) in [6.45, 7) is 6.26. The SMILES string of the molecule is CN1CCN(c2ccc(-c3cc4c(N5CCN(S(=O)(=O)/C=C/c6ccccc6)CC5)ncnc4s3)cc2)CC1. The van der Waals surface area contributed by atoms with E-state index in [9.17, 15) is 8.42 Å². The Labute approximate surface area is 233 Å². The Hall–Kier alpha value is -3.31. The summed E-state index contributed by atoms with van der Waals surface area (Å²) in [6, 6.07) is 20.5. The third kappa shape index (κ3) is 5.69. The van der Waals surface area contributed by atoms with E-state index in [-0.39, 0.29) is 0 Å². The van der Waals surface area contributed by atoms with Crippen LogP contribution in [0.25, 0.3) is 26.7 Å². The standard InChI is InChI=1S/C29H32N6O2S2/c1-32-12-14-33(15-13-32)25-9-7-24(8-10-25)27-21-26-28(30-22-31-29(26)38-27)34-16-18-35(19-17-34)39(36,37)20-11-23-5-3-2-4-6-23/h2-11,20-22H,12-19H2,1H3/b20-11+. The van der Waals surface area contributed by atoms with Crippen LogP contribution < -0.4 is 9.80 Å². The third-order valence-corrected chi connectivity index (χ3v) is 10.1. The van der Waals surface area contributed by atoms with Gasteiger partial charge in [0, 0.05) is 68.3 Å². The smallest absolute Gasteiger partial charge is 0.236 e. The summed E-state index contributed by atoms with van der Waals surface area (Å²) >= 11 is 1.67. The first-order valence-corrected chi connectivity index (χ1v) is 15.5. The number of rotatable bonds is 6. The summed E-state index contributed by atoms with van der Waals surface area (Å²) in [5.74, 6) is 0.869. The van der Waals surface area contributed by atoms with Gasteiger partial charge >= 0.3 is 0 Å². The van der Waals surface area contributed by atoms with Gasteiger partial charge in [-0.2, -0.15) is 4.31 Å². The molecule has 0 amide bonds. The quantitative estimate of drug-likeness (QED) is 0.349. The van der Waals surface area contributed by atoms with Crippen LogP contribution in [-0.4, -0.2) is 87.0 Å². The van der Waals surface area contributed by atoms with Gasteiger partial charge in [0.25, 0.3) is 0 Å². The molecular weight excluding hydrogens is 528 g/mol. The van der Waals surface area contributed by atoms with Gasteiger partial charge in [0.1, 0.15) is 17.0 Å². The lowest BCUT2D eigenvalue weighted by Gasteiger charge is -2.34. The zero-order valence-electron chi connectivity index (χ0n) is 22.0. The van der Waals surface area contributed by atoms with Crippen molar-refractivity contribution in [3.8, 4) is 10.4 Å². The Morgan fingerprint density at radius 2 is 1.51 bits per heavy atom. The molecule has 4 heterocycles. The normalized spacial score (nSPS) is 17.9. The lowest BCUT2D eigenvalue weighted by atomic mass is 10.1. The highest BCUT2D eigenvalue weighted by Gasteiger charge is 2.27. The number of piperazine rings is 2. The van der Waals surface area contributed by atoms with Crippen molar-refractivity contribution in [3.05, 3.63) is 78.0 Å². The first-order chi connectivity index (χ1) is 19.0. The Morgan fingerprint density at radius 1 is 0.821 bits per heavy atom. The fourth-order valence-corrected chi connectivity index (χ4v) is 7.28. The van der Waals surface area contributed by atoms with Crippen LogP contribution in [0.5, 0.6) is 0 Å². The maximum Gasteiger partial charge on any atom is 0.236 e. The Bertz CT molecular complexity index is 1550. The third-order valence-electron chi connectivity index (χ3n) is 7.46. The first kappa shape index (κ1) is 25.9. The molecule has 202 valence electrons.